The number of carbonyl (C=O) groups excluding carboxylic acids is 1. The van der Waals surface area contributed by atoms with Crippen molar-refractivity contribution in [1.29, 1.82) is 0 Å². The largest absolute Gasteiger partial charge is 0.270 e. The summed E-state index contributed by atoms with van der Waals surface area (Å²) >= 11 is 0. The van der Waals surface area contributed by atoms with Crippen LogP contribution in [0, 0.1) is 0 Å². The molecule has 3 heteroatoms. The number of carbonyl (C=O) groups is 1. The molecule has 0 bridgehead atoms. The van der Waals surface area contributed by atoms with Gasteiger partial charge in [-0.05, 0) is 13.8 Å². The average Bonchev–Trinajstić information content (AvgIpc) is 2.03. The highest BCUT2D eigenvalue weighted by Gasteiger charge is 1.99. The van der Waals surface area contributed by atoms with Crippen molar-refractivity contribution in [1.82, 2.24) is 5.48 Å². The zero-order valence-corrected chi connectivity index (χ0v) is 6.89. The maximum absolute atomic E-state index is 10.9. The number of rotatable bonds is 4. The predicted molar refractivity (Wildman–Crippen MR) is 43.7 cm³/mol. The smallest absolute Gasteiger partial charge is 0.269 e. The van der Waals surface area contributed by atoms with E-state index in [9.17, 15) is 4.79 Å². The van der Waals surface area contributed by atoms with E-state index in [2.05, 4.69) is 12.1 Å². The highest BCUT2D eigenvalue weighted by Crippen LogP contribution is 1.89. The monoisotopic (exact) mass is 155 g/mol. The molecular formula is C8H13NO2. The van der Waals surface area contributed by atoms with E-state index in [4.69, 9.17) is 4.84 Å². The molecule has 0 fully saturated rings. The van der Waals surface area contributed by atoms with Gasteiger partial charge in [0.15, 0.2) is 0 Å². The zero-order chi connectivity index (χ0) is 8.69. The van der Waals surface area contributed by atoms with Gasteiger partial charge in [-0.25, -0.2) is 5.48 Å². The van der Waals surface area contributed by atoms with E-state index in [0.717, 1.165) is 0 Å². The van der Waals surface area contributed by atoms with Crippen LogP contribution in [0.2, 0.25) is 0 Å². The first kappa shape index (κ1) is 9.91. The highest BCUT2D eigenvalue weighted by atomic mass is 16.6. The minimum absolute atomic E-state index is 0.214. The third kappa shape index (κ3) is 4.33. The number of amides is 1. The Labute approximate surface area is 66.7 Å². The van der Waals surface area contributed by atoms with Crippen molar-refractivity contribution in [3.63, 3.8) is 0 Å². The molecule has 0 unspecified atom stereocenters. The van der Waals surface area contributed by atoms with Crippen LogP contribution in [-0.4, -0.2) is 12.5 Å². The van der Waals surface area contributed by atoms with Crippen molar-refractivity contribution in [3.05, 3.63) is 24.3 Å². The minimum Gasteiger partial charge on any atom is -0.269 e. The Bertz CT molecular complexity index is 173. The molecule has 0 radical (unpaired) electrons. The molecule has 62 valence electrons. The topological polar surface area (TPSA) is 38.3 Å². The SMILES string of the molecule is C=CCONC(=O)C(C)=CC. The minimum atomic E-state index is -0.214. The summed E-state index contributed by atoms with van der Waals surface area (Å²) in [6.45, 7) is 7.26. The molecule has 1 N–H and O–H groups in total. The van der Waals surface area contributed by atoms with Gasteiger partial charge in [-0.2, -0.15) is 0 Å². The van der Waals surface area contributed by atoms with Crippen LogP contribution < -0.4 is 5.48 Å². The van der Waals surface area contributed by atoms with E-state index in [0.29, 0.717) is 12.2 Å². The van der Waals surface area contributed by atoms with Crippen molar-refractivity contribution in [2.75, 3.05) is 6.61 Å². The fraction of sp³-hybridized carbons (Fsp3) is 0.375. The van der Waals surface area contributed by atoms with Crippen molar-refractivity contribution in [3.8, 4) is 0 Å². The van der Waals surface area contributed by atoms with Gasteiger partial charge in [-0.15, -0.1) is 6.58 Å². The first-order valence-corrected chi connectivity index (χ1v) is 3.38. The molecule has 0 spiro atoms. The molecule has 0 rings (SSSR count). The molecule has 1 amide bonds. The van der Waals surface area contributed by atoms with E-state index in [-0.39, 0.29) is 5.91 Å². The number of hydrogen-bond acceptors (Lipinski definition) is 2. The van der Waals surface area contributed by atoms with E-state index < -0.39 is 0 Å². The summed E-state index contributed by atoms with van der Waals surface area (Å²) in [5.74, 6) is -0.214. The number of hydroxylamine groups is 1. The van der Waals surface area contributed by atoms with Crippen LogP contribution in [0.3, 0.4) is 0 Å². The normalized spacial score (nSPS) is 10.9. The maximum Gasteiger partial charge on any atom is 0.270 e. The second-order valence-electron chi connectivity index (χ2n) is 2.00. The van der Waals surface area contributed by atoms with Gasteiger partial charge in [0.2, 0.25) is 0 Å². The summed E-state index contributed by atoms with van der Waals surface area (Å²) in [6.07, 6.45) is 3.28. The average molecular weight is 155 g/mol. The van der Waals surface area contributed by atoms with E-state index in [1.165, 1.54) is 0 Å². The Hall–Kier alpha value is -1.09. The molecular weight excluding hydrogens is 142 g/mol. The summed E-state index contributed by atoms with van der Waals surface area (Å²) < 4.78 is 0. The fourth-order valence-corrected chi connectivity index (χ4v) is 0.378. The molecule has 3 nitrogen and oxygen atoms in total. The fourth-order valence-electron chi connectivity index (χ4n) is 0.378. The molecule has 0 aliphatic carbocycles. The van der Waals surface area contributed by atoms with Gasteiger partial charge in [0.05, 0.1) is 6.61 Å². The zero-order valence-electron chi connectivity index (χ0n) is 6.89. The molecule has 0 aliphatic heterocycles. The maximum atomic E-state index is 10.9. The predicted octanol–water partition coefficient (Wildman–Crippen LogP) is 1.19. The lowest BCUT2D eigenvalue weighted by molar-refractivity contribution is -0.128. The highest BCUT2D eigenvalue weighted by molar-refractivity contribution is 5.91. The van der Waals surface area contributed by atoms with E-state index >= 15 is 0 Å². The number of allylic oxidation sites excluding steroid dienone is 1. The Morgan fingerprint density at radius 2 is 2.36 bits per heavy atom. The summed E-state index contributed by atoms with van der Waals surface area (Å²) in [7, 11) is 0. The van der Waals surface area contributed by atoms with Crippen LogP contribution in [0.5, 0.6) is 0 Å². The third-order valence-electron chi connectivity index (χ3n) is 1.16. The van der Waals surface area contributed by atoms with Gasteiger partial charge < -0.3 is 0 Å². The first-order valence-electron chi connectivity index (χ1n) is 3.38. The van der Waals surface area contributed by atoms with Crippen LogP contribution in [0.15, 0.2) is 24.3 Å². The Balaban J connectivity index is 3.61. The molecule has 0 saturated heterocycles. The lowest BCUT2D eigenvalue weighted by atomic mass is 10.3. The van der Waals surface area contributed by atoms with E-state index in [1.807, 2.05) is 0 Å². The Kier molecular flexibility index (Phi) is 5.11. The van der Waals surface area contributed by atoms with Gasteiger partial charge in [0.1, 0.15) is 0 Å². The van der Waals surface area contributed by atoms with Gasteiger partial charge >= 0.3 is 0 Å². The van der Waals surface area contributed by atoms with E-state index in [1.54, 1.807) is 26.0 Å². The number of nitrogens with one attached hydrogen (secondary N) is 1. The molecule has 0 saturated carbocycles. The second kappa shape index (κ2) is 5.68. The number of hydrogen-bond donors (Lipinski definition) is 1. The molecule has 0 heterocycles. The van der Waals surface area contributed by atoms with Crippen LogP contribution >= 0.6 is 0 Å². The van der Waals surface area contributed by atoms with Crippen molar-refractivity contribution < 1.29 is 9.63 Å². The lowest BCUT2D eigenvalue weighted by Gasteiger charge is -2.02. The standard InChI is InChI=1S/C8H13NO2/c1-4-6-11-9-8(10)7(3)5-2/h4-5H,1,6H2,2-3H3,(H,9,10). The first-order chi connectivity index (χ1) is 5.22. The van der Waals surface area contributed by atoms with Crippen LogP contribution in [0.25, 0.3) is 0 Å². The van der Waals surface area contributed by atoms with Crippen LogP contribution in [0.4, 0.5) is 0 Å². The quantitative estimate of drug-likeness (QED) is 0.286. The van der Waals surface area contributed by atoms with Crippen LogP contribution in [-0.2, 0) is 9.63 Å². The summed E-state index contributed by atoms with van der Waals surface area (Å²) in [4.78, 5) is 15.6. The summed E-state index contributed by atoms with van der Waals surface area (Å²) in [5.41, 5.74) is 2.89. The molecule has 0 aromatic carbocycles. The summed E-state index contributed by atoms with van der Waals surface area (Å²) in [6, 6.07) is 0. The molecule has 11 heavy (non-hydrogen) atoms. The third-order valence-corrected chi connectivity index (χ3v) is 1.16. The lowest BCUT2D eigenvalue weighted by Crippen LogP contribution is -2.24. The van der Waals surface area contributed by atoms with Crippen molar-refractivity contribution >= 4 is 5.91 Å². The Morgan fingerprint density at radius 3 is 2.82 bits per heavy atom. The van der Waals surface area contributed by atoms with Crippen molar-refractivity contribution in [2.24, 2.45) is 0 Å². The Morgan fingerprint density at radius 1 is 1.73 bits per heavy atom. The van der Waals surface area contributed by atoms with Crippen LogP contribution in [0.1, 0.15) is 13.8 Å². The molecule has 0 aromatic rings. The van der Waals surface area contributed by atoms with Crippen molar-refractivity contribution in [2.45, 2.75) is 13.8 Å². The van der Waals surface area contributed by atoms with Gasteiger partial charge in [0.25, 0.3) is 5.91 Å². The summed E-state index contributed by atoms with van der Waals surface area (Å²) in [5, 5.41) is 0. The van der Waals surface area contributed by atoms with Gasteiger partial charge in [-0.1, -0.05) is 12.2 Å². The second-order valence-corrected chi connectivity index (χ2v) is 2.00. The molecule has 0 atom stereocenters. The van der Waals surface area contributed by atoms with Gasteiger partial charge in [-0.3, -0.25) is 9.63 Å². The van der Waals surface area contributed by atoms with Gasteiger partial charge in [0, 0.05) is 5.57 Å². The molecule has 0 aromatic heterocycles. The molecule has 0 aliphatic rings.